The Bertz CT molecular complexity index is 116. The molecule has 0 rings (SSSR count). The van der Waals surface area contributed by atoms with Crippen LogP contribution in [0.5, 0.6) is 0 Å². The Morgan fingerprint density at radius 1 is 1.00 bits per heavy atom. The van der Waals surface area contributed by atoms with Gasteiger partial charge in [-0.15, -0.1) is 9.42 Å². The summed E-state index contributed by atoms with van der Waals surface area (Å²) in [5.74, 6) is 0. The van der Waals surface area contributed by atoms with E-state index in [4.69, 9.17) is 4.89 Å². The van der Waals surface area contributed by atoms with Crippen LogP contribution in [-0.2, 0) is 9.09 Å². The molecule has 0 aromatic heterocycles. The second-order valence-corrected chi connectivity index (χ2v) is 3.87. The van der Waals surface area contributed by atoms with Crippen LogP contribution < -0.4 is 0 Å². The fraction of sp³-hybridized carbons (Fsp3) is 1.00. The third-order valence-corrected chi connectivity index (χ3v) is 2.10. The number of hydrogen-bond donors (Lipinski definition) is 1. The van der Waals surface area contributed by atoms with Crippen LogP contribution >= 0.6 is 8.25 Å². The molecule has 0 amide bonds. The normalized spacial score (nSPS) is 10.4. The zero-order valence-corrected chi connectivity index (χ0v) is 10.6. The van der Waals surface area contributed by atoms with Gasteiger partial charge in [0.05, 0.1) is 0 Å². The first kappa shape index (κ1) is 16.4. The molecule has 0 aromatic rings. The van der Waals surface area contributed by atoms with E-state index in [0.29, 0.717) is 6.61 Å². The summed E-state index contributed by atoms with van der Waals surface area (Å²) >= 11 is 0. The molecule has 1 atom stereocenters. The lowest BCUT2D eigenvalue weighted by atomic mass is 10.2. The molecule has 0 aromatic carbocycles. The van der Waals surface area contributed by atoms with Crippen LogP contribution in [0.3, 0.4) is 0 Å². The molecule has 0 aliphatic rings. The average molecular weight is 223 g/mol. The molecule has 0 saturated heterocycles. The van der Waals surface area contributed by atoms with Crippen molar-refractivity contribution in [3.8, 4) is 0 Å². The lowest BCUT2D eigenvalue weighted by Crippen LogP contribution is -1.85. The highest BCUT2D eigenvalue weighted by atomic mass is 31.1. The summed E-state index contributed by atoms with van der Waals surface area (Å²) < 4.78 is 14.4. The van der Waals surface area contributed by atoms with Crippen LogP contribution in [0.1, 0.15) is 59.3 Å². The Balaban J connectivity index is 0. The quantitative estimate of drug-likeness (QED) is 0.523. The Morgan fingerprint density at radius 2 is 1.57 bits per heavy atom. The Morgan fingerprint density at radius 3 is 1.93 bits per heavy atom. The van der Waals surface area contributed by atoms with Crippen molar-refractivity contribution < 1.29 is 14.0 Å². The van der Waals surface area contributed by atoms with Gasteiger partial charge in [0, 0.05) is 4.57 Å². The first-order valence-electron chi connectivity index (χ1n) is 5.48. The summed E-state index contributed by atoms with van der Waals surface area (Å²) in [6.45, 7) is 6.89. The van der Waals surface area contributed by atoms with Gasteiger partial charge >= 0.3 is 8.25 Å². The number of hydrogen-bond acceptors (Lipinski definition) is 2. The fourth-order valence-electron chi connectivity index (χ4n) is 0.671. The summed E-state index contributed by atoms with van der Waals surface area (Å²) in [6.07, 6.45) is 6.95. The summed E-state index contributed by atoms with van der Waals surface area (Å²) in [7, 11) is -2.37. The van der Waals surface area contributed by atoms with E-state index >= 15 is 0 Å². The molecule has 0 aliphatic heterocycles. The maximum absolute atomic E-state index is 9.96. The van der Waals surface area contributed by atoms with Gasteiger partial charge in [-0.3, -0.25) is 0 Å². The standard InChI is InChI=1S/C6H13O3P.C4H10/c1-2-3-4-5-6-9-10(7)8;1-3-4-2/h2-6H2,1H3;3-4H2,1-2H3/p+1. The van der Waals surface area contributed by atoms with E-state index in [9.17, 15) is 4.57 Å². The molecule has 14 heavy (non-hydrogen) atoms. The highest BCUT2D eigenvalue weighted by Crippen LogP contribution is 2.15. The van der Waals surface area contributed by atoms with Crippen molar-refractivity contribution in [2.24, 2.45) is 0 Å². The van der Waals surface area contributed by atoms with Crippen molar-refractivity contribution in [2.75, 3.05) is 6.61 Å². The maximum Gasteiger partial charge on any atom is 0.694 e. The monoisotopic (exact) mass is 223 g/mol. The van der Waals surface area contributed by atoms with Gasteiger partial charge in [-0.2, -0.15) is 0 Å². The molecule has 0 radical (unpaired) electrons. The zero-order valence-electron chi connectivity index (χ0n) is 9.66. The molecule has 1 N–H and O–H groups in total. The zero-order chi connectivity index (χ0) is 11.2. The predicted molar refractivity (Wildman–Crippen MR) is 60.5 cm³/mol. The molecular weight excluding hydrogens is 199 g/mol. The Kier molecular flexibility index (Phi) is 18.2. The van der Waals surface area contributed by atoms with E-state index in [1.165, 1.54) is 25.7 Å². The van der Waals surface area contributed by atoms with Gasteiger partial charge in [-0.05, 0) is 6.42 Å². The fourth-order valence-corrected chi connectivity index (χ4v) is 0.957. The van der Waals surface area contributed by atoms with Crippen molar-refractivity contribution in [3.63, 3.8) is 0 Å². The lowest BCUT2D eigenvalue weighted by molar-refractivity contribution is 0.274. The molecule has 1 unspecified atom stereocenters. The van der Waals surface area contributed by atoms with Crippen molar-refractivity contribution in [3.05, 3.63) is 0 Å². The van der Waals surface area contributed by atoms with E-state index in [1.807, 2.05) is 0 Å². The molecule has 0 bridgehead atoms. The second-order valence-electron chi connectivity index (χ2n) is 3.13. The molecule has 0 heterocycles. The third kappa shape index (κ3) is 22.7. The molecule has 3 nitrogen and oxygen atoms in total. The summed E-state index contributed by atoms with van der Waals surface area (Å²) in [5.41, 5.74) is 0. The number of rotatable bonds is 7. The van der Waals surface area contributed by atoms with Gasteiger partial charge in [0.1, 0.15) is 6.61 Å². The molecule has 4 heteroatoms. The minimum Gasteiger partial charge on any atom is -0.133 e. The minimum atomic E-state index is -2.37. The lowest BCUT2D eigenvalue weighted by Gasteiger charge is -1.91. The summed E-state index contributed by atoms with van der Waals surface area (Å²) in [6, 6.07) is 0. The van der Waals surface area contributed by atoms with E-state index in [1.54, 1.807) is 0 Å². The van der Waals surface area contributed by atoms with Crippen molar-refractivity contribution in [2.45, 2.75) is 59.3 Å². The highest BCUT2D eigenvalue weighted by molar-refractivity contribution is 7.32. The third-order valence-electron chi connectivity index (χ3n) is 1.70. The van der Waals surface area contributed by atoms with Gasteiger partial charge in [-0.1, -0.05) is 52.9 Å². The molecule has 86 valence electrons. The van der Waals surface area contributed by atoms with E-state index in [-0.39, 0.29) is 0 Å². The number of unbranched alkanes of at least 4 members (excludes halogenated alkanes) is 4. The van der Waals surface area contributed by atoms with Crippen LogP contribution in [0, 0.1) is 0 Å². The average Bonchev–Trinajstić information content (AvgIpc) is 2.18. The largest absolute Gasteiger partial charge is 0.694 e. The maximum atomic E-state index is 9.96. The highest BCUT2D eigenvalue weighted by Gasteiger charge is 2.09. The predicted octanol–water partition coefficient (Wildman–Crippen LogP) is 4.04. The molecular formula is C10H24O3P+. The van der Waals surface area contributed by atoms with E-state index in [2.05, 4.69) is 25.3 Å². The second kappa shape index (κ2) is 15.5. The Labute approximate surface area is 88.8 Å². The Hall–Kier alpha value is 0.0200. The van der Waals surface area contributed by atoms with Gasteiger partial charge in [0.25, 0.3) is 0 Å². The summed E-state index contributed by atoms with van der Waals surface area (Å²) in [4.78, 5) is 8.20. The van der Waals surface area contributed by atoms with Crippen LogP contribution in [0.25, 0.3) is 0 Å². The first-order chi connectivity index (χ1) is 6.68. The minimum absolute atomic E-state index is 0.408. The van der Waals surface area contributed by atoms with Gasteiger partial charge in [0.15, 0.2) is 0 Å². The van der Waals surface area contributed by atoms with Crippen molar-refractivity contribution in [1.82, 2.24) is 0 Å². The van der Waals surface area contributed by atoms with Crippen molar-refractivity contribution in [1.29, 1.82) is 0 Å². The summed E-state index contributed by atoms with van der Waals surface area (Å²) in [5, 5.41) is 0. The van der Waals surface area contributed by atoms with Gasteiger partial charge in [0.2, 0.25) is 0 Å². The van der Waals surface area contributed by atoms with Crippen LogP contribution in [0.2, 0.25) is 0 Å². The first-order valence-corrected chi connectivity index (χ1v) is 6.61. The topological polar surface area (TPSA) is 46.5 Å². The van der Waals surface area contributed by atoms with Gasteiger partial charge in [-0.25, -0.2) is 0 Å². The molecule has 0 aliphatic carbocycles. The van der Waals surface area contributed by atoms with Crippen LogP contribution in [0.15, 0.2) is 0 Å². The molecule has 0 saturated carbocycles. The smallest absolute Gasteiger partial charge is 0.133 e. The molecule has 0 spiro atoms. The van der Waals surface area contributed by atoms with Crippen LogP contribution in [-0.4, -0.2) is 11.5 Å². The van der Waals surface area contributed by atoms with E-state index < -0.39 is 8.25 Å². The molecule has 0 fully saturated rings. The van der Waals surface area contributed by atoms with Crippen molar-refractivity contribution >= 4 is 8.25 Å². The van der Waals surface area contributed by atoms with E-state index in [0.717, 1.165) is 12.8 Å². The SMILES string of the molecule is CCCC.CCCCCCO[P+](=O)O. The van der Waals surface area contributed by atoms with Crippen LogP contribution in [0.4, 0.5) is 0 Å². The van der Waals surface area contributed by atoms with Gasteiger partial charge < -0.3 is 0 Å².